The quantitative estimate of drug-likeness (QED) is 0.807. The lowest BCUT2D eigenvalue weighted by Crippen LogP contribution is -2.06. The van der Waals surface area contributed by atoms with Gasteiger partial charge in [0, 0.05) is 11.7 Å². The van der Waals surface area contributed by atoms with Crippen molar-refractivity contribution in [2.45, 2.75) is 30.3 Å². The first-order chi connectivity index (χ1) is 7.70. The molecule has 0 spiro atoms. The third-order valence-electron chi connectivity index (χ3n) is 2.92. The summed E-state index contributed by atoms with van der Waals surface area (Å²) >= 11 is 1.78. The lowest BCUT2D eigenvalue weighted by atomic mass is 10.0. The monoisotopic (exact) mass is 236 g/mol. The lowest BCUT2D eigenvalue weighted by Gasteiger charge is -2.11. The molecule has 0 aromatic heterocycles. The fraction of sp³-hybridized carbons (Fsp3) is 0.462. The summed E-state index contributed by atoms with van der Waals surface area (Å²) in [6.45, 7) is 2.00. The minimum Gasteiger partial charge on any atom is -0.496 e. The third-order valence-corrected chi connectivity index (χ3v) is 4.31. The number of hydrogen-bond acceptors (Lipinski definition) is 3. The molecule has 1 aliphatic heterocycles. The minimum atomic E-state index is 0.166. The van der Waals surface area contributed by atoms with E-state index in [2.05, 4.69) is 6.07 Å². The summed E-state index contributed by atoms with van der Waals surface area (Å²) in [6.07, 6.45) is 1.62. The number of thioether (sulfide) groups is 1. The fourth-order valence-corrected chi connectivity index (χ4v) is 3.40. The number of methoxy groups -OCH3 is 1. The molecule has 1 aliphatic rings. The van der Waals surface area contributed by atoms with Crippen LogP contribution in [0.3, 0.4) is 0 Å². The van der Waals surface area contributed by atoms with Gasteiger partial charge < -0.3 is 4.74 Å². The third kappa shape index (κ3) is 2.40. The fourth-order valence-electron chi connectivity index (χ4n) is 2.04. The Bertz CT molecular complexity index is 389. The molecule has 2 unspecified atom stereocenters. The van der Waals surface area contributed by atoms with Crippen LogP contribution in [0.5, 0.6) is 5.75 Å². The van der Waals surface area contributed by atoms with Crippen LogP contribution in [0.2, 0.25) is 0 Å². The van der Waals surface area contributed by atoms with Gasteiger partial charge in [-0.25, -0.2) is 0 Å². The molecule has 16 heavy (non-hydrogen) atoms. The topological polar surface area (TPSA) is 26.3 Å². The molecular weight excluding hydrogens is 220 g/mol. The Hall–Kier alpha value is -0.960. The predicted molar refractivity (Wildman–Crippen MR) is 67.2 cm³/mol. The Balaban J connectivity index is 2.07. The number of para-hydroxylation sites is 1. The smallest absolute Gasteiger partial charge is 0.146 e. The molecule has 0 aliphatic carbocycles. The summed E-state index contributed by atoms with van der Waals surface area (Å²) in [5.74, 6) is 1.31. The highest BCUT2D eigenvalue weighted by atomic mass is 32.2. The van der Waals surface area contributed by atoms with E-state index in [-0.39, 0.29) is 5.25 Å². The van der Waals surface area contributed by atoms with Crippen LogP contribution >= 0.6 is 11.8 Å². The van der Waals surface area contributed by atoms with Gasteiger partial charge in [0.25, 0.3) is 0 Å². The number of carbonyl (C=O) groups is 1. The maximum Gasteiger partial charge on any atom is 0.146 e. The Morgan fingerprint density at radius 1 is 1.44 bits per heavy atom. The standard InChI is InChI=1S/C13H16O2S/c1-9-12(14)8-11(16-9)7-10-5-3-4-6-13(10)15-2/h3-6,9,11H,7-8H2,1-2H3. The molecule has 1 fully saturated rings. The van der Waals surface area contributed by atoms with Crippen LogP contribution in [0.1, 0.15) is 18.9 Å². The number of rotatable bonds is 3. The summed E-state index contributed by atoms with van der Waals surface area (Å²) in [6, 6.07) is 8.04. The van der Waals surface area contributed by atoms with Crippen LogP contribution in [-0.2, 0) is 11.2 Å². The molecule has 0 saturated carbocycles. The highest BCUT2D eigenvalue weighted by molar-refractivity contribution is 8.01. The van der Waals surface area contributed by atoms with Gasteiger partial charge in [-0.3, -0.25) is 4.79 Å². The zero-order valence-corrected chi connectivity index (χ0v) is 10.4. The zero-order valence-electron chi connectivity index (χ0n) is 9.60. The van der Waals surface area contributed by atoms with E-state index in [0.717, 1.165) is 12.2 Å². The first-order valence-corrected chi connectivity index (χ1v) is 6.45. The number of Topliss-reactive ketones (excluding diaryl/α,β-unsaturated/α-hetero) is 1. The molecule has 86 valence electrons. The van der Waals surface area contributed by atoms with Crippen LogP contribution in [-0.4, -0.2) is 23.4 Å². The number of carbonyl (C=O) groups excluding carboxylic acids is 1. The van der Waals surface area contributed by atoms with Crippen LogP contribution in [0.15, 0.2) is 24.3 Å². The molecule has 0 radical (unpaired) electrons. The van der Waals surface area contributed by atoms with Crippen molar-refractivity contribution in [1.29, 1.82) is 0 Å². The van der Waals surface area contributed by atoms with E-state index in [1.807, 2.05) is 25.1 Å². The number of hydrogen-bond donors (Lipinski definition) is 0. The summed E-state index contributed by atoms with van der Waals surface area (Å²) in [4.78, 5) is 11.5. The highest BCUT2D eigenvalue weighted by Gasteiger charge is 2.30. The molecule has 0 N–H and O–H groups in total. The van der Waals surface area contributed by atoms with E-state index >= 15 is 0 Å². The zero-order chi connectivity index (χ0) is 11.5. The summed E-state index contributed by atoms with van der Waals surface area (Å²) < 4.78 is 5.32. The van der Waals surface area contributed by atoms with E-state index in [4.69, 9.17) is 4.74 Å². The van der Waals surface area contributed by atoms with Crippen molar-refractivity contribution < 1.29 is 9.53 Å². The van der Waals surface area contributed by atoms with Gasteiger partial charge in [-0.2, -0.15) is 0 Å². The molecule has 1 aromatic rings. The average Bonchev–Trinajstić information content (AvgIpc) is 2.59. The summed E-state index contributed by atoms with van der Waals surface area (Å²) in [5, 5.41) is 0.582. The van der Waals surface area contributed by atoms with E-state index in [1.54, 1.807) is 18.9 Å². The van der Waals surface area contributed by atoms with E-state index in [0.29, 0.717) is 17.5 Å². The van der Waals surface area contributed by atoms with Crippen molar-refractivity contribution >= 4 is 17.5 Å². The van der Waals surface area contributed by atoms with Crippen LogP contribution in [0.25, 0.3) is 0 Å². The van der Waals surface area contributed by atoms with Crippen LogP contribution in [0.4, 0.5) is 0 Å². The largest absolute Gasteiger partial charge is 0.496 e. The van der Waals surface area contributed by atoms with Gasteiger partial charge in [0.1, 0.15) is 11.5 Å². The number of benzene rings is 1. The Kier molecular flexibility index (Phi) is 3.54. The first kappa shape index (κ1) is 11.5. The SMILES string of the molecule is COc1ccccc1CC1CC(=O)C(C)S1. The molecule has 3 heteroatoms. The van der Waals surface area contributed by atoms with Gasteiger partial charge in [0.2, 0.25) is 0 Å². The Morgan fingerprint density at radius 2 is 2.19 bits per heavy atom. The van der Waals surface area contributed by atoms with Crippen molar-refractivity contribution in [2.75, 3.05) is 7.11 Å². The second-order valence-corrected chi connectivity index (χ2v) is 5.73. The van der Waals surface area contributed by atoms with Crippen LogP contribution in [0, 0.1) is 0 Å². The average molecular weight is 236 g/mol. The molecule has 2 atom stereocenters. The van der Waals surface area contributed by atoms with E-state index in [1.165, 1.54) is 5.56 Å². The first-order valence-electron chi connectivity index (χ1n) is 5.50. The second-order valence-electron chi connectivity index (χ2n) is 4.09. The van der Waals surface area contributed by atoms with Crippen molar-refractivity contribution in [2.24, 2.45) is 0 Å². The van der Waals surface area contributed by atoms with E-state index in [9.17, 15) is 4.79 Å². The molecule has 2 nitrogen and oxygen atoms in total. The molecule has 1 saturated heterocycles. The van der Waals surface area contributed by atoms with Gasteiger partial charge in [-0.15, -0.1) is 11.8 Å². The maximum absolute atomic E-state index is 11.5. The van der Waals surface area contributed by atoms with Gasteiger partial charge in [-0.05, 0) is 25.0 Å². The van der Waals surface area contributed by atoms with E-state index < -0.39 is 0 Å². The number of ketones is 1. The number of ether oxygens (including phenoxy) is 1. The lowest BCUT2D eigenvalue weighted by molar-refractivity contribution is -0.117. The Labute approximate surface area is 100 Å². The highest BCUT2D eigenvalue weighted by Crippen LogP contribution is 2.34. The van der Waals surface area contributed by atoms with Crippen molar-refractivity contribution in [3.8, 4) is 5.75 Å². The molecular formula is C13H16O2S. The maximum atomic E-state index is 11.5. The van der Waals surface area contributed by atoms with Crippen molar-refractivity contribution in [3.63, 3.8) is 0 Å². The Morgan fingerprint density at radius 3 is 2.81 bits per heavy atom. The van der Waals surface area contributed by atoms with Gasteiger partial charge in [0.05, 0.1) is 12.4 Å². The summed E-state index contributed by atoms with van der Waals surface area (Å²) in [5.41, 5.74) is 1.20. The molecule has 1 heterocycles. The van der Waals surface area contributed by atoms with Crippen LogP contribution < -0.4 is 4.74 Å². The molecule has 0 amide bonds. The van der Waals surface area contributed by atoms with Crippen molar-refractivity contribution in [3.05, 3.63) is 29.8 Å². The molecule has 1 aromatic carbocycles. The normalized spacial score (nSPS) is 24.8. The molecule has 0 bridgehead atoms. The van der Waals surface area contributed by atoms with Gasteiger partial charge >= 0.3 is 0 Å². The predicted octanol–water partition coefficient (Wildman–Crippen LogP) is 2.70. The molecule has 2 rings (SSSR count). The van der Waals surface area contributed by atoms with Gasteiger partial charge in [0.15, 0.2) is 0 Å². The minimum absolute atomic E-state index is 0.166. The van der Waals surface area contributed by atoms with Gasteiger partial charge in [-0.1, -0.05) is 18.2 Å². The van der Waals surface area contributed by atoms with Crippen molar-refractivity contribution in [1.82, 2.24) is 0 Å². The second kappa shape index (κ2) is 4.91. The summed E-state index contributed by atoms with van der Waals surface area (Å²) in [7, 11) is 1.69.